The van der Waals surface area contributed by atoms with Crippen molar-refractivity contribution in [2.75, 3.05) is 11.9 Å². The number of hydrogen-bond acceptors (Lipinski definition) is 4. The minimum Gasteiger partial charge on any atom is -0.476 e. The number of thiazole rings is 1. The molecule has 90 valence electrons. The van der Waals surface area contributed by atoms with E-state index in [1.807, 2.05) is 0 Å². The van der Waals surface area contributed by atoms with Gasteiger partial charge in [-0.15, -0.1) is 11.3 Å². The Morgan fingerprint density at radius 2 is 2.12 bits per heavy atom. The van der Waals surface area contributed by atoms with Crippen LogP contribution in [0, 0.1) is 18.8 Å². The first kappa shape index (κ1) is 13.0. The summed E-state index contributed by atoms with van der Waals surface area (Å²) in [6, 6.07) is 0. The quantitative estimate of drug-likeness (QED) is 0.833. The fourth-order valence-corrected chi connectivity index (χ4v) is 1.97. The molecule has 4 nitrogen and oxygen atoms in total. The Bertz CT molecular complexity index is 374. The highest BCUT2D eigenvalue weighted by molar-refractivity contribution is 7.15. The van der Waals surface area contributed by atoms with Crippen molar-refractivity contribution in [1.82, 2.24) is 4.98 Å². The molecule has 1 heterocycles. The number of nitrogens with zero attached hydrogens (tertiary/aromatic N) is 1. The summed E-state index contributed by atoms with van der Waals surface area (Å²) >= 11 is 1.39. The molecular weight excluding hydrogens is 224 g/mol. The van der Waals surface area contributed by atoms with Crippen LogP contribution in [-0.2, 0) is 0 Å². The lowest BCUT2D eigenvalue weighted by Crippen LogP contribution is -2.16. The van der Waals surface area contributed by atoms with E-state index in [0.717, 1.165) is 11.4 Å². The number of carboxylic acid groups (broad SMARTS) is 1. The number of aromatic carboxylic acids is 1. The molecule has 2 N–H and O–H groups in total. The molecule has 1 rings (SSSR count). The predicted molar refractivity (Wildman–Crippen MR) is 66.3 cm³/mol. The molecule has 0 amide bonds. The van der Waals surface area contributed by atoms with Crippen molar-refractivity contribution < 1.29 is 9.90 Å². The Labute approximate surface area is 99.7 Å². The van der Waals surface area contributed by atoms with E-state index in [-0.39, 0.29) is 5.69 Å². The van der Waals surface area contributed by atoms with Crippen molar-refractivity contribution in [3.63, 3.8) is 0 Å². The largest absolute Gasteiger partial charge is 0.476 e. The minimum absolute atomic E-state index is 0.157. The summed E-state index contributed by atoms with van der Waals surface area (Å²) in [4.78, 5) is 15.6. The highest BCUT2D eigenvalue weighted by atomic mass is 32.1. The summed E-state index contributed by atoms with van der Waals surface area (Å²) < 4.78 is 0. The molecule has 0 bridgehead atoms. The molecule has 5 heteroatoms. The van der Waals surface area contributed by atoms with E-state index in [2.05, 4.69) is 31.1 Å². The summed E-state index contributed by atoms with van der Waals surface area (Å²) in [5.41, 5.74) is 0.157. The van der Waals surface area contributed by atoms with Crippen LogP contribution in [0.1, 0.15) is 36.1 Å². The number of hydrogen-bond donors (Lipinski definition) is 2. The number of rotatable bonds is 5. The van der Waals surface area contributed by atoms with Crippen molar-refractivity contribution in [1.29, 1.82) is 0 Å². The monoisotopic (exact) mass is 242 g/mol. The molecule has 0 saturated heterocycles. The van der Waals surface area contributed by atoms with Gasteiger partial charge in [0.1, 0.15) is 0 Å². The summed E-state index contributed by atoms with van der Waals surface area (Å²) in [5, 5.41) is 12.7. The molecule has 1 aromatic heterocycles. The Hall–Kier alpha value is -1.10. The summed E-state index contributed by atoms with van der Waals surface area (Å²) in [6.45, 7) is 9.10. The fraction of sp³-hybridized carbons (Fsp3) is 0.636. The van der Waals surface area contributed by atoms with E-state index in [9.17, 15) is 4.79 Å². The molecule has 16 heavy (non-hydrogen) atoms. The van der Waals surface area contributed by atoms with Crippen LogP contribution < -0.4 is 5.32 Å². The lowest BCUT2D eigenvalue weighted by Gasteiger charge is -2.15. The lowest BCUT2D eigenvalue weighted by atomic mass is 9.98. The van der Waals surface area contributed by atoms with E-state index in [1.54, 1.807) is 6.92 Å². The van der Waals surface area contributed by atoms with Gasteiger partial charge in [0.15, 0.2) is 10.8 Å². The number of aromatic nitrogens is 1. The maximum atomic E-state index is 10.8. The molecule has 0 aliphatic heterocycles. The zero-order valence-corrected chi connectivity index (χ0v) is 10.9. The van der Waals surface area contributed by atoms with Crippen LogP contribution in [0.3, 0.4) is 0 Å². The van der Waals surface area contributed by atoms with Gasteiger partial charge in [0.2, 0.25) is 0 Å². The first-order valence-electron chi connectivity index (χ1n) is 5.36. The van der Waals surface area contributed by atoms with E-state index in [0.29, 0.717) is 17.0 Å². The molecule has 0 aromatic carbocycles. The first-order chi connectivity index (χ1) is 7.41. The maximum absolute atomic E-state index is 10.8. The number of nitrogens with one attached hydrogen (secondary N) is 1. The summed E-state index contributed by atoms with van der Waals surface area (Å²) in [5.74, 6) is 0.184. The van der Waals surface area contributed by atoms with E-state index in [4.69, 9.17) is 5.11 Å². The average molecular weight is 242 g/mol. The van der Waals surface area contributed by atoms with Crippen LogP contribution >= 0.6 is 11.3 Å². The molecule has 0 aliphatic rings. The van der Waals surface area contributed by atoms with E-state index < -0.39 is 5.97 Å². The maximum Gasteiger partial charge on any atom is 0.355 e. The van der Waals surface area contributed by atoms with Crippen LogP contribution in [0.25, 0.3) is 0 Å². The topological polar surface area (TPSA) is 62.2 Å². The molecule has 0 saturated carbocycles. The zero-order chi connectivity index (χ0) is 12.3. The van der Waals surface area contributed by atoms with Crippen LogP contribution in [-0.4, -0.2) is 22.6 Å². The van der Waals surface area contributed by atoms with Gasteiger partial charge >= 0.3 is 5.97 Å². The Balaban J connectivity index is 2.62. The van der Waals surface area contributed by atoms with Gasteiger partial charge in [0.25, 0.3) is 0 Å². The first-order valence-corrected chi connectivity index (χ1v) is 6.18. The second-order valence-corrected chi connectivity index (χ2v) is 5.53. The number of carbonyl (C=O) groups is 1. The highest BCUT2D eigenvalue weighted by Crippen LogP contribution is 2.22. The standard InChI is InChI=1S/C11H18N2O2S/c1-6(2)7(3)5-12-11-13-9(10(14)15)8(4)16-11/h6-7H,5H2,1-4H3,(H,12,13)(H,14,15). The second-order valence-electron chi connectivity index (χ2n) is 4.33. The minimum atomic E-state index is -0.960. The molecule has 0 spiro atoms. The third-order valence-corrected chi connectivity index (χ3v) is 3.64. The number of anilines is 1. The predicted octanol–water partition coefficient (Wildman–Crippen LogP) is 2.85. The summed E-state index contributed by atoms with van der Waals surface area (Å²) in [6.07, 6.45) is 0. The zero-order valence-electron chi connectivity index (χ0n) is 10.1. The van der Waals surface area contributed by atoms with Gasteiger partial charge in [-0.25, -0.2) is 9.78 Å². The van der Waals surface area contributed by atoms with Gasteiger partial charge in [0.05, 0.1) is 0 Å². The molecule has 1 aromatic rings. The molecule has 0 fully saturated rings. The van der Waals surface area contributed by atoms with E-state index in [1.165, 1.54) is 11.3 Å². The third-order valence-electron chi connectivity index (χ3n) is 2.71. The van der Waals surface area contributed by atoms with Crippen molar-refractivity contribution in [2.45, 2.75) is 27.7 Å². The second kappa shape index (κ2) is 5.30. The van der Waals surface area contributed by atoms with E-state index >= 15 is 0 Å². The van der Waals surface area contributed by atoms with Crippen molar-refractivity contribution in [3.05, 3.63) is 10.6 Å². The van der Waals surface area contributed by atoms with Gasteiger partial charge in [0, 0.05) is 11.4 Å². The molecular formula is C11H18N2O2S. The molecule has 1 atom stereocenters. The van der Waals surface area contributed by atoms with Gasteiger partial charge in [-0.3, -0.25) is 0 Å². The van der Waals surface area contributed by atoms with Crippen LogP contribution in [0.4, 0.5) is 5.13 Å². The number of aryl methyl sites for hydroxylation is 1. The average Bonchev–Trinajstić information content (AvgIpc) is 2.56. The molecule has 1 unspecified atom stereocenters. The normalized spacial score (nSPS) is 12.8. The third kappa shape index (κ3) is 3.20. The van der Waals surface area contributed by atoms with Gasteiger partial charge < -0.3 is 10.4 Å². The van der Waals surface area contributed by atoms with Crippen molar-refractivity contribution in [3.8, 4) is 0 Å². The summed E-state index contributed by atoms with van der Waals surface area (Å²) in [7, 11) is 0. The smallest absolute Gasteiger partial charge is 0.355 e. The van der Waals surface area contributed by atoms with Crippen molar-refractivity contribution in [2.24, 2.45) is 11.8 Å². The molecule has 0 aliphatic carbocycles. The highest BCUT2D eigenvalue weighted by Gasteiger charge is 2.14. The fourth-order valence-electron chi connectivity index (χ4n) is 1.15. The van der Waals surface area contributed by atoms with Gasteiger partial charge in [-0.2, -0.15) is 0 Å². The Morgan fingerprint density at radius 1 is 1.50 bits per heavy atom. The Kier molecular flexibility index (Phi) is 4.29. The van der Waals surface area contributed by atoms with Crippen LogP contribution in [0.2, 0.25) is 0 Å². The van der Waals surface area contributed by atoms with Crippen LogP contribution in [0.15, 0.2) is 0 Å². The number of carboxylic acids is 1. The SMILES string of the molecule is Cc1sc(NCC(C)C(C)C)nc1C(=O)O. The molecule has 0 radical (unpaired) electrons. The van der Waals surface area contributed by atoms with Crippen molar-refractivity contribution >= 4 is 22.4 Å². The Morgan fingerprint density at radius 3 is 2.56 bits per heavy atom. The lowest BCUT2D eigenvalue weighted by molar-refractivity contribution is 0.0690. The van der Waals surface area contributed by atoms with Gasteiger partial charge in [-0.1, -0.05) is 20.8 Å². The van der Waals surface area contributed by atoms with Gasteiger partial charge in [-0.05, 0) is 18.8 Å². The van der Waals surface area contributed by atoms with Crippen LogP contribution in [0.5, 0.6) is 0 Å².